The van der Waals surface area contributed by atoms with E-state index in [1.807, 2.05) is 0 Å². The molecule has 0 bridgehead atoms. The quantitative estimate of drug-likeness (QED) is 0.660. The van der Waals surface area contributed by atoms with Gasteiger partial charge in [0.05, 0.1) is 0 Å². The van der Waals surface area contributed by atoms with E-state index in [0.717, 1.165) is 6.04 Å². The van der Waals surface area contributed by atoms with Crippen LogP contribution in [0.25, 0.3) is 0 Å². The van der Waals surface area contributed by atoms with Gasteiger partial charge in [0.2, 0.25) is 0 Å². The first-order valence-electron chi connectivity index (χ1n) is 5.23. The van der Waals surface area contributed by atoms with Crippen LogP contribution in [0, 0.1) is 5.41 Å². The summed E-state index contributed by atoms with van der Waals surface area (Å²) in [5.41, 5.74) is 0.641. The maximum absolute atomic E-state index is 3.66. The molecule has 1 unspecified atom stereocenters. The molecule has 0 radical (unpaired) electrons. The van der Waals surface area contributed by atoms with Crippen LogP contribution in [0.4, 0.5) is 0 Å². The summed E-state index contributed by atoms with van der Waals surface area (Å²) in [6.07, 6.45) is 5.62. The molecule has 1 saturated carbocycles. The van der Waals surface area contributed by atoms with E-state index in [-0.39, 0.29) is 0 Å². The van der Waals surface area contributed by atoms with Gasteiger partial charge in [-0.3, -0.25) is 0 Å². The first-order valence-corrected chi connectivity index (χ1v) is 5.23. The Balaban J connectivity index is 1.67. The van der Waals surface area contributed by atoms with Crippen molar-refractivity contribution < 1.29 is 0 Å². The van der Waals surface area contributed by atoms with Gasteiger partial charge in [-0.25, -0.2) is 0 Å². The first kappa shape index (κ1) is 8.52. The molecular formula is C10H20N2. The summed E-state index contributed by atoms with van der Waals surface area (Å²) in [6.45, 7) is 6.02. The molecule has 2 fully saturated rings. The molecule has 12 heavy (non-hydrogen) atoms. The molecule has 1 aliphatic carbocycles. The molecule has 1 atom stereocenters. The Morgan fingerprint density at radius 3 is 2.83 bits per heavy atom. The average molecular weight is 168 g/mol. The smallest absolute Gasteiger partial charge is 0.0204 e. The van der Waals surface area contributed by atoms with Crippen molar-refractivity contribution in [2.45, 2.75) is 38.6 Å². The van der Waals surface area contributed by atoms with Crippen molar-refractivity contribution in [1.29, 1.82) is 0 Å². The number of hydrogen-bond acceptors (Lipinski definition) is 2. The van der Waals surface area contributed by atoms with Crippen LogP contribution < -0.4 is 10.6 Å². The van der Waals surface area contributed by atoms with E-state index in [1.165, 1.54) is 45.3 Å². The van der Waals surface area contributed by atoms with Gasteiger partial charge >= 0.3 is 0 Å². The topological polar surface area (TPSA) is 24.1 Å². The molecule has 0 spiro atoms. The van der Waals surface area contributed by atoms with Crippen molar-refractivity contribution in [2.24, 2.45) is 5.41 Å². The van der Waals surface area contributed by atoms with Crippen LogP contribution >= 0.6 is 0 Å². The second-order valence-electron chi connectivity index (χ2n) is 4.73. The Hall–Kier alpha value is -0.0800. The molecule has 2 rings (SSSR count). The zero-order valence-corrected chi connectivity index (χ0v) is 8.03. The normalized spacial score (nSPS) is 33.2. The van der Waals surface area contributed by atoms with Gasteiger partial charge in [-0.1, -0.05) is 13.3 Å². The molecule has 2 nitrogen and oxygen atoms in total. The Bertz CT molecular complexity index is 146. The van der Waals surface area contributed by atoms with Gasteiger partial charge in [0.1, 0.15) is 0 Å². The van der Waals surface area contributed by atoms with Gasteiger partial charge in [0.15, 0.2) is 0 Å². The summed E-state index contributed by atoms with van der Waals surface area (Å²) in [5.74, 6) is 0. The van der Waals surface area contributed by atoms with Crippen molar-refractivity contribution in [3.05, 3.63) is 0 Å². The van der Waals surface area contributed by atoms with E-state index < -0.39 is 0 Å². The number of rotatable bonds is 3. The van der Waals surface area contributed by atoms with Crippen molar-refractivity contribution >= 4 is 0 Å². The third-order valence-corrected chi connectivity index (χ3v) is 3.44. The second-order valence-corrected chi connectivity index (χ2v) is 4.73. The van der Waals surface area contributed by atoms with Crippen LogP contribution in [-0.4, -0.2) is 25.7 Å². The van der Waals surface area contributed by atoms with Gasteiger partial charge in [-0.2, -0.15) is 0 Å². The molecule has 0 aromatic heterocycles. The molecular weight excluding hydrogens is 148 g/mol. The third-order valence-electron chi connectivity index (χ3n) is 3.44. The van der Waals surface area contributed by atoms with Crippen LogP contribution in [0.15, 0.2) is 0 Å². The average Bonchev–Trinajstić information content (AvgIpc) is 2.49. The van der Waals surface area contributed by atoms with E-state index in [0.29, 0.717) is 5.41 Å². The molecule has 1 heterocycles. The molecule has 0 amide bonds. The highest BCUT2D eigenvalue weighted by Gasteiger charge is 2.32. The van der Waals surface area contributed by atoms with Crippen LogP contribution in [0.1, 0.15) is 32.6 Å². The molecule has 0 aromatic rings. The van der Waals surface area contributed by atoms with Gasteiger partial charge in [-0.15, -0.1) is 0 Å². The SMILES string of the molecule is CC1(CNC2CCNC2)CCC1. The summed E-state index contributed by atoms with van der Waals surface area (Å²) in [7, 11) is 0. The minimum Gasteiger partial charge on any atom is -0.315 e. The fourth-order valence-electron chi connectivity index (χ4n) is 2.18. The van der Waals surface area contributed by atoms with E-state index in [9.17, 15) is 0 Å². The van der Waals surface area contributed by atoms with Gasteiger partial charge in [0, 0.05) is 19.1 Å². The lowest BCUT2D eigenvalue weighted by Gasteiger charge is -2.39. The fraction of sp³-hybridized carbons (Fsp3) is 1.00. The van der Waals surface area contributed by atoms with E-state index in [2.05, 4.69) is 17.6 Å². The Morgan fingerprint density at radius 2 is 2.33 bits per heavy atom. The largest absolute Gasteiger partial charge is 0.315 e. The van der Waals surface area contributed by atoms with Crippen molar-refractivity contribution in [2.75, 3.05) is 19.6 Å². The monoisotopic (exact) mass is 168 g/mol. The highest BCUT2D eigenvalue weighted by molar-refractivity contribution is 4.88. The minimum atomic E-state index is 0.641. The zero-order valence-electron chi connectivity index (χ0n) is 8.03. The van der Waals surface area contributed by atoms with Gasteiger partial charge in [-0.05, 0) is 31.2 Å². The highest BCUT2D eigenvalue weighted by Crippen LogP contribution is 2.39. The summed E-state index contributed by atoms with van der Waals surface area (Å²) < 4.78 is 0. The van der Waals surface area contributed by atoms with Gasteiger partial charge < -0.3 is 10.6 Å². The van der Waals surface area contributed by atoms with Crippen LogP contribution in [0.3, 0.4) is 0 Å². The van der Waals surface area contributed by atoms with E-state index in [4.69, 9.17) is 0 Å². The molecule has 2 heteroatoms. The highest BCUT2D eigenvalue weighted by atomic mass is 15.0. The third kappa shape index (κ3) is 1.80. The summed E-state index contributed by atoms with van der Waals surface area (Å²) in [5, 5.41) is 7.04. The Morgan fingerprint density at radius 1 is 1.50 bits per heavy atom. The molecule has 0 aromatic carbocycles. The molecule has 1 saturated heterocycles. The van der Waals surface area contributed by atoms with Crippen LogP contribution in [-0.2, 0) is 0 Å². The summed E-state index contributed by atoms with van der Waals surface area (Å²) in [6, 6.07) is 0.752. The second kappa shape index (κ2) is 3.35. The Labute approximate surface area is 75.1 Å². The van der Waals surface area contributed by atoms with Crippen LogP contribution in [0.5, 0.6) is 0 Å². The summed E-state index contributed by atoms with van der Waals surface area (Å²) >= 11 is 0. The van der Waals surface area contributed by atoms with Crippen molar-refractivity contribution in [3.63, 3.8) is 0 Å². The minimum absolute atomic E-state index is 0.641. The maximum Gasteiger partial charge on any atom is 0.0204 e. The zero-order chi connectivity index (χ0) is 8.44. The maximum atomic E-state index is 3.66. The fourth-order valence-corrected chi connectivity index (χ4v) is 2.18. The number of nitrogens with one attached hydrogen (secondary N) is 2. The molecule has 70 valence electrons. The predicted octanol–water partition coefficient (Wildman–Crippen LogP) is 1.13. The van der Waals surface area contributed by atoms with Crippen LogP contribution in [0.2, 0.25) is 0 Å². The molecule has 2 aliphatic rings. The number of hydrogen-bond donors (Lipinski definition) is 2. The summed E-state index contributed by atoms with van der Waals surface area (Å²) in [4.78, 5) is 0. The van der Waals surface area contributed by atoms with Gasteiger partial charge in [0.25, 0.3) is 0 Å². The van der Waals surface area contributed by atoms with Crippen molar-refractivity contribution in [3.8, 4) is 0 Å². The predicted molar refractivity (Wildman–Crippen MR) is 51.2 cm³/mol. The molecule has 1 aliphatic heterocycles. The first-order chi connectivity index (χ1) is 5.79. The standard InChI is InChI=1S/C10H20N2/c1-10(4-2-5-10)8-12-9-3-6-11-7-9/h9,11-12H,2-8H2,1H3. The van der Waals surface area contributed by atoms with Crippen molar-refractivity contribution in [1.82, 2.24) is 10.6 Å². The Kier molecular flexibility index (Phi) is 2.37. The lowest BCUT2D eigenvalue weighted by Crippen LogP contribution is -2.42. The molecule has 2 N–H and O–H groups in total. The van der Waals surface area contributed by atoms with E-state index >= 15 is 0 Å². The van der Waals surface area contributed by atoms with E-state index in [1.54, 1.807) is 0 Å². The lowest BCUT2D eigenvalue weighted by molar-refractivity contribution is 0.152. The lowest BCUT2D eigenvalue weighted by atomic mass is 9.70.